The van der Waals surface area contributed by atoms with Crippen molar-refractivity contribution in [3.63, 3.8) is 0 Å². The summed E-state index contributed by atoms with van der Waals surface area (Å²) in [7, 11) is 0. The monoisotopic (exact) mass is 420 g/mol. The van der Waals surface area contributed by atoms with Gasteiger partial charge in [-0.2, -0.15) is 0 Å². The van der Waals surface area contributed by atoms with E-state index in [4.69, 9.17) is 0 Å². The summed E-state index contributed by atoms with van der Waals surface area (Å²) in [6.07, 6.45) is 0. The van der Waals surface area contributed by atoms with E-state index in [9.17, 15) is 9.18 Å². The molecule has 1 nitrogen and oxygen atoms in total. The van der Waals surface area contributed by atoms with Crippen LogP contribution >= 0.6 is 54.5 Å². The van der Waals surface area contributed by atoms with E-state index in [-0.39, 0.29) is 16.9 Å². The van der Waals surface area contributed by atoms with Crippen LogP contribution in [0.3, 0.4) is 0 Å². The molecule has 0 spiro atoms. The second-order valence-electron chi connectivity index (χ2n) is 2.30. The molecule has 0 aromatic heterocycles. The molecule has 0 radical (unpaired) electrons. The maximum Gasteiger partial charge on any atom is 0.174 e. The van der Waals surface area contributed by atoms with Crippen molar-refractivity contribution in [2.75, 3.05) is 5.33 Å². The molecule has 0 heterocycles. The van der Waals surface area contributed by atoms with Crippen LogP contribution in [-0.2, 0) is 0 Å². The van der Waals surface area contributed by atoms with Crippen LogP contribution in [0.4, 0.5) is 4.39 Å². The van der Waals surface area contributed by atoms with Crippen LogP contribution in [0.15, 0.2) is 16.6 Å². The predicted molar refractivity (Wildman–Crippen MR) is 64.9 cm³/mol. The zero-order valence-corrected chi connectivity index (χ0v) is 11.6. The molecule has 13 heavy (non-hydrogen) atoms. The van der Waals surface area contributed by atoms with Crippen LogP contribution in [0, 0.1) is 9.39 Å². The summed E-state index contributed by atoms with van der Waals surface area (Å²) in [6, 6.07) is 2.83. The molecule has 1 aromatic rings. The van der Waals surface area contributed by atoms with E-state index in [0.29, 0.717) is 13.6 Å². The number of benzene rings is 1. The fourth-order valence-corrected chi connectivity index (χ4v) is 2.11. The summed E-state index contributed by atoms with van der Waals surface area (Å²) >= 11 is 8.05. The Morgan fingerprint density at radius 2 is 2.15 bits per heavy atom. The van der Waals surface area contributed by atoms with E-state index in [2.05, 4.69) is 31.9 Å². The van der Waals surface area contributed by atoms with Crippen molar-refractivity contribution in [1.29, 1.82) is 0 Å². The van der Waals surface area contributed by atoms with Crippen molar-refractivity contribution < 1.29 is 9.18 Å². The first-order valence-electron chi connectivity index (χ1n) is 3.30. The molecular formula is C8H4Br2FIO. The third-order valence-corrected chi connectivity index (χ3v) is 3.42. The summed E-state index contributed by atoms with van der Waals surface area (Å²) < 4.78 is 13.9. The number of alkyl halides is 1. The van der Waals surface area contributed by atoms with Crippen LogP contribution in [0.2, 0.25) is 0 Å². The molecule has 0 fully saturated rings. The van der Waals surface area contributed by atoms with Crippen molar-refractivity contribution >= 4 is 60.2 Å². The Labute approximate surface area is 105 Å². The quantitative estimate of drug-likeness (QED) is 0.307. The number of hydrogen-bond donors (Lipinski definition) is 0. The standard InChI is InChI=1S/C8H4Br2FIO/c9-3-8(13)4-1-7(12)6(11)2-5(4)10/h1-2H,3H2. The van der Waals surface area contributed by atoms with Gasteiger partial charge in [-0.05, 0) is 50.7 Å². The lowest BCUT2D eigenvalue weighted by Crippen LogP contribution is -2.02. The lowest BCUT2D eigenvalue weighted by molar-refractivity contribution is 0.102. The molecule has 0 aliphatic heterocycles. The molecule has 0 aliphatic rings. The van der Waals surface area contributed by atoms with Gasteiger partial charge in [0.2, 0.25) is 0 Å². The van der Waals surface area contributed by atoms with Gasteiger partial charge in [-0.15, -0.1) is 0 Å². The Morgan fingerprint density at radius 1 is 1.54 bits per heavy atom. The molecule has 5 heteroatoms. The third-order valence-electron chi connectivity index (χ3n) is 1.43. The highest BCUT2D eigenvalue weighted by Gasteiger charge is 2.11. The van der Waals surface area contributed by atoms with E-state index in [1.807, 2.05) is 22.6 Å². The van der Waals surface area contributed by atoms with Crippen molar-refractivity contribution in [2.45, 2.75) is 0 Å². The number of carbonyl (C=O) groups excluding carboxylic acids is 1. The second-order valence-corrected chi connectivity index (χ2v) is 4.88. The van der Waals surface area contributed by atoms with Gasteiger partial charge >= 0.3 is 0 Å². The average molecular weight is 422 g/mol. The van der Waals surface area contributed by atoms with Gasteiger partial charge in [0.15, 0.2) is 5.78 Å². The van der Waals surface area contributed by atoms with E-state index < -0.39 is 0 Å². The van der Waals surface area contributed by atoms with E-state index >= 15 is 0 Å². The highest BCUT2D eigenvalue weighted by atomic mass is 127. The number of hydrogen-bond acceptors (Lipinski definition) is 1. The first-order valence-corrected chi connectivity index (χ1v) is 6.29. The molecule has 0 unspecified atom stereocenters. The molecule has 1 aromatic carbocycles. The second kappa shape index (κ2) is 4.84. The van der Waals surface area contributed by atoms with Crippen LogP contribution in [-0.4, -0.2) is 11.1 Å². The largest absolute Gasteiger partial charge is 0.293 e. The van der Waals surface area contributed by atoms with Gasteiger partial charge in [0, 0.05) is 13.6 Å². The molecule has 0 atom stereocenters. The summed E-state index contributed by atoms with van der Waals surface area (Å²) in [5, 5.41) is 0.243. The lowest BCUT2D eigenvalue weighted by atomic mass is 10.1. The highest BCUT2D eigenvalue weighted by Crippen LogP contribution is 2.23. The topological polar surface area (TPSA) is 17.1 Å². The van der Waals surface area contributed by atoms with Crippen molar-refractivity contribution in [1.82, 2.24) is 0 Å². The summed E-state index contributed by atoms with van der Waals surface area (Å²) in [4.78, 5) is 11.3. The van der Waals surface area contributed by atoms with Crippen LogP contribution in [0.1, 0.15) is 10.4 Å². The minimum Gasteiger partial charge on any atom is -0.293 e. The van der Waals surface area contributed by atoms with Gasteiger partial charge in [-0.3, -0.25) is 4.79 Å². The molecule has 70 valence electrons. The predicted octanol–water partition coefficient (Wildman–Crippen LogP) is 3.77. The fourth-order valence-electron chi connectivity index (χ4n) is 0.808. The van der Waals surface area contributed by atoms with Gasteiger partial charge in [0.1, 0.15) is 5.82 Å². The summed E-state index contributed by atoms with van der Waals surface area (Å²) in [5.41, 5.74) is 0.502. The van der Waals surface area contributed by atoms with Gasteiger partial charge < -0.3 is 0 Å². The van der Waals surface area contributed by atoms with Crippen LogP contribution in [0.25, 0.3) is 0 Å². The van der Waals surface area contributed by atoms with Gasteiger partial charge in [-0.1, -0.05) is 15.9 Å². The zero-order chi connectivity index (χ0) is 10.0. The van der Waals surface area contributed by atoms with Crippen LogP contribution < -0.4 is 0 Å². The summed E-state index contributed by atoms with van der Waals surface area (Å²) in [6.45, 7) is 0. The maximum absolute atomic E-state index is 13.0. The van der Waals surface area contributed by atoms with E-state index in [1.165, 1.54) is 12.1 Å². The third kappa shape index (κ3) is 2.73. The van der Waals surface area contributed by atoms with E-state index in [1.54, 1.807) is 0 Å². The molecule has 0 saturated heterocycles. The van der Waals surface area contributed by atoms with Crippen molar-refractivity contribution in [3.05, 3.63) is 31.6 Å². The van der Waals surface area contributed by atoms with Gasteiger partial charge in [-0.25, -0.2) is 4.39 Å². The van der Waals surface area contributed by atoms with Crippen molar-refractivity contribution in [3.8, 4) is 0 Å². The Balaban J connectivity index is 3.23. The fraction of sp³-hybridized carbons (Fsp3) is 0.125. The molecule has 0 amide bonds. The minimum absolute atomic E-state index is 0.0650. The average Bonchev–Trinajstić information content (AvgIpc) is 2.10. The zero-order valence-electron chi connectivity index (χ0n) is 6.28. The smallest absolute Gasteiger partial charge is 0.174 e. The van der Waals surface area contributed by atoms with Crippen LogP contribution in [0.5, 0.6) is 0 Å². The van der Waals surface area contributed by atoms with Gasteiger partial charge in [0.25, 0.3) is 0 Å². The molecule has 0 saturated carbocycles. The number of Topliss-reactive ketones (excluding diaryl/α,β-unsaturated/α-hetero) is 1. The first kappa shape index (κ1) is 11.6. The normalized spacial score (nSPS) is 10.2. The SMILES string of the molecule is O=C(CBr)c1cc(I)c(F)cc1Br. The van der Waals surface area contributed by atoms with Gasteiger partial charge in [0.05, 0.1) is 5.33 Å². The molecule has 1 rings (SSSR count). The Hall–Kier alpha value is 0.510. The Kier molecular flexibility index (Phi) is 4.31. The molecule has 0 aliphatic carbocycles. The van der Waals surface area contributed by atoms with Crippen molar-refractivity contribution in [2.24, 2.45) is 0 Å². The first-order chi connectivity index (χ1) is 6.06. The summed E-state index contributed by atoms with van der Waals surface area (Å²) in [5.74, 6) is -0.386. The molecule has 0 bridgehead atoms. The van der Waals surface area contributed by atoms with E-state index in [0.717, 1.165) is 0 Å². The lowest BCUT2D eigenvalue weighted by Gasteiger charge is -2.02. The number of carbonyl (C=O) groups is 1. The molecular weight excluding hydrogens is 418 g/mol. The maximum atomic E-state index is 13.0. The highest BCUT2D eigenvalue weighted by molar-refractivity contribution is 14.1. The Bertz CT molecular complexity index is 354. The number of ketones is 1. The molecule has 0 N–H and O–H groups in total. The minimum atomic E-state index is -0.321. The number of halogens is 4. The Morgan fingerprint density at radius 3 is 2.69 bits per heavy atom. The number of rotatable bonds is 2.